The van der Waals surface area contributed by atoms with Gasteiger partial charge >= 0.3 is 0 Å². The smallest absolute Gasteiger partial charge is 0.175 e. The highest BCUT2D eigenvalue weighted by molar-refractivity contribution is 6.84. The Balaban J connectivity index is 1.61. The molecule has 0 aromatic heterocycles. The van der Waals surface area contributed by atoms with E-state index in [2.05, 4.69) is 40.0 Å². The lowest BCUT2D eigenvalue weighted by atomic mass is 9.84. The molecule has 2 aliphatic heterocycles. The Morgan fingerprint density at radius 1 is 0.704 bits per heavy atom. The molecule has 0 spiro atoms. The van der Waals surface area contributed by atoms with Crippen LogP contribution >= 0.6 is 0 Å². The monoisotopic (exact) mass is 418 g/mol. The first kappa shape index (κ1) is 23.5. The molecule has 0 unspecified atom stereocenters. The van der Waals surface area contributed by atoms with Crippen LogP contribution in [0.4, 0.5) is 0 Å². The van der Waals surface area contributed by atoms with Crippen molar-refractivity contribution in [3.63, 3.8) is 0 Å². The van der Waals surface area contributed by atoms with Crippen LogP contribution < -0.4 is 0 Å². The molecule has 5 nitrogen and oxygen atoms in total. The Bertz CT molecular complexity index is 397. The number of hydrogen-bond donors (Lipinski definition) is 0. The Morgan fingerprint density at radius 3 is 1.33 bits per heavy atom. The highest BCUT2D eigenvalue weighted by atomic mass is 28.4. The Morgan fingerprint density at radius 2 is 1.07 bits per heavy atom. The molecule has 27 heavy (non-hydrogen) atoms. The maximum absolute atomic E-state index is 6.69. The first-order valence-corrected chi connectivity index (χ1v) is 16.9. The van der Waals surface area contributed by atoms with Crippen LogP contribution in [0.1, 0.15) is 26.7 Å². The van der Waals surface area contributed by atoms with E-state index in [0.29, 0.717) is 0 Å². The lowest BCUT2D eigenvalue weighted by Crippen LogP contribution is -2.48. The average Bonchev–Trinajstić information content (AvgIpc) is 2.51. The average molecular weight is 419 g/mol. The topological polar surface area (TPSA) is 46.2 Å². The van der Waals surface area contributed by atoms with Crippen LogP contribution in [0.3, 0.4) is 0 Å². The van der Waals surface area contributed by atoms with Gasteiger partial charge in [0.05, 0.1) is 39.6 Å². The second kappa shape index (κ2) is 9.82. The first-order valence-electron chi connectivity index (χ1n) is 10.7. The molecule has 2 fully saturated rings. The van der Waals surface area contributed by atoms with Crippen molar-refractivity contribution in [1.82, 2.24) is 0 Å². The molecule has 160 valence electrons. The maximum Gasteiger partial charge on any atom is 0.175 e. The van der Waals surface area contributed by atoms with Crippen LogP contribution in [0.25, 0.3) is 0 Å². The van der Waals surface area contributed by atoms with Gasteiger partial charge in [0.1, 0.15) is 0 Å². The summed E-state index contributed by atoms with van der Waals surface area (Å²) in [6.07, 6.45) is 2.27. The highest BCUT2D eigenvalue weighted by Crippen LogP contribution is 2.32. The molecule has 0 radical (unpaired) electrons. The zero-order valence-electron chi connectivity index (χ0n) is 18.5. The van der Waals surface area contributed by atoms with E-state index in [4.69, 9.17) is 23.1 Å². The van der Waals surface area contributed by atoms with Gasteiger partial charge in [-0.15, -0.1) is 0 Å². The van der Waals surface area contributed by atoms with E-state index in [1.165, 1.54) is 0 Å². The third-order valence-electron chi connectivity index (χ3n) is 6.20. The maximum atomic E-state index is 6.69. The van der Waals surface area contributed by atoms with Crippen LogP contribution in [-0.2, 0) is 23.1 Å². The largest absolute Gasteiger partial charge is 0.455 e. The second-order valence-electron chi connectivity index (χ2n) is 9.92. The molecule has 0 amide bonds. The summed E-state index contributed by atoms with van der Waals surface area (Å²) < 4.78 is 29.4. The predicted molar refractivity (Wildman–Crippen MR) is 114 cm³/mol. The van der Waals surface area contributed by atoms with Gasteiger partial charge in [-0.2, -0.15) is 0 Å². The lowest BCUT2D eigenvalue weighted by molar-refractivity contribution is -0.149. The van der Waals surface area contributed by atoms with E-state index in [0.717, 1.165) is 77.8 Å². The molecular weight excluding hydrogens is 376 g/mol. The first-order chi connectivity index (χ1) is 12.7. The summed E-state index contributed by atoms with van der Waals surface area (Å²) in [6.45, 7) is 20.4. The summed E-state index contributed by atoms with van der Waals surface area (Å²) in [5.41, 5.74) is 0.554. The number of rotatable bonds is 14. The molecule has 0 aromatic carbocycles. The van der Waals surface area contributed by atoms with E-state index in [1.807, 2.05) is 0 Å². The van der Waals surface area contributed by atoms with Crippen molar-refractivity contribution in [1.29, 1.82) is 0 Å². The van der Waals surface area contributed by atoms with Crippen molar-refractivity contribution >= 4 is 16.6 Å². The summed E-state index contributed by atoms with van der Waals surface area (Å²) in [7, 11) is -3.41. The van der Waals surface area contributed by atoms with E-state index in [-0.39, 0.29) is 10.8 Å². The van der Waals surface area contributed by atoms with Crippen LogP contribution in [0, 0.1) is 10.8 Å². The Labute approximate surface area is 168 Å². The van der Waals surface area contributed by atoms with Crippen LogP contribution in [0.15, 0.2) is 0 Å². The van der Waals surface area contributed by atoms with Gasteiger partial charge < -0.3 is 23.1 Å². The molecule has 0 N–H and O–H groups in total. The van der Waals surface area contributed by atoms with Crippen molar-refractivity contribution < 1.29 is 23.1 Å². The lowest BCUT2D eigenvalue weighted by Gasteiger charge is -2.41. The molecule has 0 saturated carbocycles. The summed E-state index contributed by atoms with van der Waals surface area (Å²) in [4.78, 5) is 0. The van der Waals surface area contributed by atoms with Crippen LogP contribution in [0.5, 0.6) is 0 Å². The van der Waals surface area contributed by atoms with E-state index < -0.39 is 16.6 Å². The minimum atomic E-state index is -1.71. The standard InChI is InChI=1S/C20H42O5Si2/c1-7-19(15-23-16-19)13-21-9-11-26(3,4)25-27(5,6)12-10-22-14-20(8-2)17-24-18-20/h7-18H2,1-6H3. The molecular formula is C20H42O5Si2. The molecule has 2 rings (SSSR count). The van der Waals surface area contributed by atoms with Gasteiger partial charge in [0.2, 0.25) is 0 Å². The molecule has 0 atom stereocenters. The summed E-state index contributed by atoms with van der Waals surface area (Å²) in [5.74, 6) is 0. The summed E-state index contributed by atoms with van der Waals surface area (Å²) in [6, 6.07) is 2.11. The third kappa shape index (κ3) is 7.21. The van der Waals surface area contributed by atoms with Gasteiger partial charge in [0.15, 0.2) is 16.6 Å². The van der Waals surface area contributed by atoms with Gasteiger partial charge in [-0.1, -0.05) is 13.8 Å². The van der Waals surface area contributed by atoms with Crippen molar-refractivity contribution in [2.45, 2.75) is 65.0 Å². The Kier molecular flexibility index (Phi) is 8.56. The molecule has 2 aliphatic rings. The van der Waals surface area contributed by atoms with Gasteiger partial charge in [0, 0.05) is 24.0 Å². The minimum Gasteiger partial charge on any atom is -0.455 e. The van der Waals surface area contributed by atoms with E-state index >= 15 is 0 Å². The van der Waals surface area contributed by atoms with Gasteiger partial charge in [0.25, 0.3) is 0 Å². The second-order valence-corrected chi connectivity index (χ2v) is 18.8. The van der Waals surface area contributed by atoms with Gasteiger partial charge in [-0.05, 0) is 51.1 Å². The van der Waals surface area contributed by atoms with Gasteiger partial charge in [-0.3, -0.25) is 0 Å². The summed E-state index contributed by atoms with van der Waals surface area (Å²) >= 11 is 0. The molecule has 2 heterocycles. The minimum absolute atomic E-state index is 0.277. The molecule has 0 aliphatic carbocycles. The summed E-state index contributed by atoms with van der Waals surface area (Å²) in [5, 5.41) is 0. The van der Waals surface area contributed by atoms with Crippen molar-refractivity contribution in [2.24, 2.45) is 10.8 Å². The van der Waals surface area contributed by atoms with E-state index in [1.54, 1.807) is 0 Å². The van der Waals surface area contributed by atoms with Crippen molar-refractivity contribution in [2.75, 3.05) is 52.9 Å². The molecule has 7 heteroatoms. The van der Waals surface area contributed by atoms with E-state index in [9.17, 15) is 0 Å². The quantitative estimate of drug-likeness (QED) is 0.311. The molecule has 0 bridgehead atoms. The SMILES string of the molecule is CCC1(COCC[Si](C)(C)O[Si](C)(C)CCOCC2(CC)COC2)COC1. The molecule has 0 aromatic rings. The van der Waals surface area contributed by atoms with Gasteiger partial charge in [-0.25, -0.2) is 0 Å². The third-order valence-corrected chi connectivity index (χ3v) is 13.4. The Hall–Kier alpha value is 0.234. The van der Waals surface area contributed by atoms with Crippen molar-refractivity contribution in [3.05, 3.63) is 0 Å². The zero-order valence-corrected chi connectivity index (χ0v) is 20.5. The zero-order chi connectivity index (χ0) is 20.0. The fourth-order valence-corrected chi connectivity index (χ4v) is 11.7. The fraction of sp³-hybridized carbons (Fsp3) is 1.00. The highest BCUT2D eigenvalue weighted by Gasteiger charge is 2.39. The molecule has 2 saturated heterocycles. The van der Waals surface area contributed by atoms with Crippen LogP contribution in [0.2, 0.25) is 38.3 Å². The van der Waals surface area contributed by atoms with Crippen molar-refractivity contribution in [3.8, 4) is 0 Å². The fourth-order valence-electron chi connectivity index (χ4n) is 3.62. The van der Waals surface area contributed by atoms with Crippen LogP contribution in [-0.4, -0.2) is 69.5 Å². The normalized spacial score (nSPS) is 21.6. The predicted octanol–water partition coefficient (Wildman–Crippen LogP) is 4.30. The number of ether oxygens (including phenoxy) is 4. The number of hydrogen-bond acceptors (Lipinski definition) is 5.